The summed E-state index contributed by atoms with van der Waals surface area (Å²) in [5.41, 5.74) is 1.01. The third-order valence-corrected chi connectivity index (χ3v) is 7.63. The molecule has 1 saturated heterocycles. The molecule has 10 heteroatoms. The van der Waals surface area contributed by atoms with Crippen LogP contribution in [0.4, 0.5) is 22.2 Å². The summed E-state index contributed by atoms with van der Waals surface area (Å²) in [5, 5.41) is 9.74. The number of piperazine rings is 1. The first-order valence-electron chi connectivity index (χ1n) is 12.5. The normalized spacial score (nSPS) is 22.8. The van der Waals surface area contributed by atoms with Crippen molar-refractivity contribution < 1.29 is 9.53 Å². The van der Waals surface area contributed by atoms with E-state index >= 15 is 0 Å². The molecule has 2 fully saturated rings. The molecule has 0 unspecified atom stereocenters. The second-order valence-corrected chi connectivity index (χ2v) is 11.6. The molecule has 0 radical (unpaired) electrons. The highest BCUT2D eigenvalue weighted by Gasteiger charge is 2.52. The predicted octanol–water partition coefficient (Wildman–Crippen LogP) is 4.80. The minimum Gasteiger partial charge on any atom is -0.444 e. The number of ether oxygens (including phenoxy) is 1. The van der Waals surface area contributed by atoms with E-state index in [9.17, 15) is 10.1 Å². The molecule has 2 aromatic rings. The van der Waals surface area contributed by atoms with Crippen molar-refractivity contribution in [3.05, 3.63) is 34.7 Å². The number of carbonyl (C=O) groups is 1. The highest BCUT2D eigenvalue weighted by atomic mass is 35.5. The zero-order valence-electron chi connectivity index (χ0n) is 21.5. The van der Waals surface area contributed by atoms with Crippen LogP contribution in [-0.4, -0.2) is 63.3 Å². The molecule has 0 N–H and O–H groups in total. The predicted molar refractivity (Wildman–Crippen MR) is 138 cm³/mol. The van der Waals surface area contributed by atoms with Crippen molar-refractivity contribution >= 4 is 35.1 Å². The summed E-state index contributed by atoms with van der Waals surface area (Å²) in [6, 6.07) is 5.52. The van der Waals surface area contributed by atoms with Gasteiger partial charge in [0.05, 0.1) is 11.6 Å². The molecule has 2 aliphatic heterocycles. The first-order chi connectivity index (χ1) is 17.0. The number of halogens is 1. The van der Waals surface area contributed by atoms with E-state index in [0.29, 0.717) is 24.5 Å². The first kappa shape index (κ1) is 24.6. The summed E-state index contributed by atoms with van der Waals surface area (Å²) in [6.45, 7) is 11.8. The Kier molecular flexibility index (Phi) is 5.98. The Morgan fingerprint density at radius 1 is 1.17 bits per heavy atom. The molecular formula is C26H32ClN7O2. The van der Waals surface area contributed by atoms with Crippen molar-refractivity contribution in [1.82, 2.24) is 19.9 Å². The molecule has 36 heavy (non-hydrogen) atoms. The minimum absolute atomic E-state index is 0.0377. The maximum atomic E-state index is 12.9. The summed E-state index contributed by atoms with van der Waals surface area (Å²) in [4.78, 5) is 33.1. The van der Waals surface area contributed by atoms with Crippen molar-refractivity contribution in [3.63, 3.8) is 0 Å². The quantitative estimate of drug-likeness (QED) is 0.532. The van der Waals surface area contributed by atoms with Gasteiger partial charge in [-0.1, -0.05) is 18.0 Å². The van der Waals surface area contributed by atoms with Crippen molar-refractivity contribution in [2.45, 2.75) is 77.0 Å². The van der Waals surface area contributed by atoms with E-state index in [0.717, 1.165) is 43.0 Å². The van der Waals surface area contributed by atoms with Crippen LogP contribution in [0.25, 0.3) is 0 Å². The van der Waals surface area contributed by atoms with Crippen LogP contribution in [0.3, 0.4) is 0 Å². The lowest BCUT2D eigenvalue weighted by Gasteiger charge is -2.46. The summed E-state index contributed by atoms with van der Waals surface area (Å²) in [5.74, 6) is 2.38. The fourth-order valence-electron chi connectivity index (χ4n) is 5.60. The number of anilines is 3. The smallest absolute Gasteiger partial charge is 0.410 e. The number of nitriles is 1. The van der Waals surface area contributed by atoms with Gasteiger partial charge in [0.25, 0.3) is 0 Å². The van der Waals surface area contributed by atoms with Crippen molar-refractivity contribution in [1.29, 1.82) is 5.26 Å². The fraction of sp³-hybridized carbons (Fsp3) is 0.577. The molecule has 0 aromatic carbocycles. The van der Waals surface area contributed by atoms with E-state index < -0.39 is 5.60 Å². The number of fused-ring (bicyclic) bond motifs is 2. The lowest BCUT2D eigenvalue weighted by atomic mass is 9.66. The number of aromatic nitrogens is 3. The van der Waals surface area contributed by atoms with Crippen LogP contribution in [0.5, 0.6) is 0 Å². The van der Waals surface area contributed by atoms with Gasteiger partial charge in [-0.25, -0.2) is 19.7 Å². The summed E-state index contributed by atoms with van der Waals surface area (Å²) >= 11 is 6.25. The molecule has 9 nitrogen and oxygen atoms in total. The van der Waals surface area contributed by atoms with E-state index in [1.165, 1.54) is 0 Å². The van der Waals surface area contributed by atoms with Crippen LogP contribution < -0.4 is 9.80 Å². The number of amides is 1. The molecule has 1 spiro atoms. The van der Waals surface area contributed by atoms with E-state index in [1.807, 2.05) is 25.7 Å². The monoisotopic (exact) mass is 509 g/mol. The Labute approximate surface area is 217 Å². The SMILES string of the molecule is C[C@@H]1CN(c2ncnc3c2C2(CCC2)CN3c2cc(C#N)cc(Cl)n2)[C@@H](C)CN1C(=O)OC(C)(C)C. The topological polar surface area (TPSA) is 98.5 Å². The van der Waals surface area contributed by atoms with E-state index in [1.54, 1.807) is 18.5 Å². The van der Waals surface area contributed by atoms with Crippen LogP contribution in [-0.2, 0) is 10.2 Å². The fourth-order valence-corrected chi connectivity index (χ4v) is 5.81. The lowest BCUT2D eigenvalue weighted by molar-refractivity contribution is 0.0129. The van der Waals surface area contributed by atoms with Crippen LogP contribution in [0.1, 0.15) is 65.0 Å². The second kappa shape index (κ2) is 8.77. The Morgan fingerprint density at radius 3 is 2.53 bits per heavy atom. The minimum atomic E-state index is -0.537. The zero-order valence-corrected chi connectivity index (χ0v) is 22.2. The number of carbonyl (C=O) groups excluding carboxylic acids is 1. The Balaban J connectivity index is 1.50. The molecule has 4 heterocycles. The van der Waals surface area contributed by atoms with Gasteiger partial charge in [-0.05, 0) is 59.6 Å². The second-order valence-electron chi connectivity index (χ2n) is 11.2. The van der Waals surface area contributed by atoms with Crippen LogP contribution in [0.15, 0.2) is 18.5 Å². The van der Waals surface area contributed by atoms with Gasteiger partial charge in [0.15, 0.2) is 0 Å². The molecule has 0 bridgehead atoms. The maximum Gasteiger partial charge on any atom is 0.410 e. The van der Waals surface area contributed by atoms with Crippen molar-refractivity contribution in [3.8, 4) is 6.07 Å². The van der Waals surface area contributed by atoms with Crippen molar-refractivity contribution in [2.24, 2.45) is 0 Å². The number of hydrogen-bond donors (Lipinski definition) is 0. The van der Waals surface area contributed by atoms with Crippen LogP contribution in [0.2, 0.25) is 5.15 Å². The van der Waals surface area contributed by atoms with E-state index in [2.05, 4.69) is 34.7 Å². The van der Waals surface area contributed by atoms with Gasteiger partial charge < -0.3 is 19.4 Å². The van der Waals surface area contributed by atoms with Crippen LogP contribution in [0, 0.1) is 11.3 Å². The van der Waals surface area contributed by atoms with Gasteiger partial charge in [-0.15, -0.1) is 0 Å². The van der Waals surface area contributed by atoms with Gasteiger partial charge >= 0.3 is 6.09 Å². The summed E-state index contributed by atoms with van der Waals surface area (Å²) < 4.78 is 5.66. The van der Waals surface area contributed by atoms with Gasteiger partial charge in [0, 0.05) is 42.7 Å². The molecule has 2 atom stereocenters. The Bertz CT molecular complexity index is 1230. The molecule has 2 aromatic heterocycles. The molecule has 1 saturated carbocycles. The number of rotatable bonds is 2. The highest BCUT2D eigenvalue weighted by molar-refractivity contribution is 6.29. The number of hydrogen-bond acceptors (Lipinski definition) is 8. The molecule has 1 amide bonds. The standard InChI is InChI=1S/C26H32ClN7O2/c1-16-13-33(24(35)36-25(3,4)5)17(2)12-32(16)22-21-23(30-15-29-22)34(14-26(21)7-6-8-26)20-10-18(11-28)9-19(27)31-20/h9-10,15-17H,6-8,12-14H2,1-5H3/t16-,17+/m0/s1. The lowest BCUT2D eigenvalue weighted by Crippen LogP contribution is -2.59. The highest BCUT2D eigenvalue weighted by Crippen LogP contribution is 2.56. The molecule has 5 rings (SSSR count). The third-order valence-electron chi connectivity index (χ3n) is 7.44. The average Bonchev–Trinajstić information content (AvgIpc) is 3.15. The van der Waals surface area contributed by atoms with Crippen molar-refractivity contribution in [2.75, 3.05) is 29.4 Å². The molecule has 1 aliphatic carbocycles. The van der Waals surface area contributed by atoms with Gasteiger partial charge in [0.1, 0.15) is 34.5 Å². The van der Waals surface area contributed by atoms with E-state index in [-0.39, 0.29) is 28.7 Å². The molecular weight excluding hydrogens is 478 g/mol. The van der Waals surface area contributed by atoms with Gasteiger partial charge in [0.2, 0.25) is 0 Å². The number of nitrogens with zero attached hydrogens (tertiary/aromatic N) is 7. The Hall–Kier alpha value is -3.12. The van der Waals surface area contributed by atoms with Gasteiger partial charge in [-0.2, -0.15) is 5.26 Å². The van der Waals surface area contributed by atoms with Gasteiger partial charge in [-0.3, -0.25) is 0 Å². The average molecular weight is 510 g/mol. The largest absolute Gasteiger partial charge is 0.444 e. The number of pyridine rings is 1. The maximum absolute atomic E-state index is 12.9. The first-order valence-corrected chi connectivity index (χ1v) is 12.9. The zero-order chi connectivity index (χ0) is 25.8. The molecule has 190 valence electrons. The summed E-state index contributed by atoms with van der Waals surface area (Å²) in [7, 11) is 0. The third kappa shape index (κ3) is 4.21. The Morgan fingerprint density at radius 2 is 1.89 bits per heavy atom. The van der Waals surface area contributed by atoms with Crippen LogP contribution >= 0.6 is 11.6 Å². The summed E-state index contributed by atoms with van der Waals surface area (Å²) in [6.07, 6.45) is 4.56. The molecule has 3 aliphatic rings. The van der Waals surface area contributed by atoms with E-state index in [4.69, 9.17) is 26.3 Å².